The van der Waals surface area contributed by atoms with Crippen LogP contribution in [0, 0.1) is 24.6 Å². The molecule has 2 aliphatic carbocycles. The van der Waals surface area contributed by atoms with Crippen LogP contribution >= 0.6 is 0 Å². The Bertz CT molecular complexity index is 2080. The fourth-order valence-corrected chi connectivity index (χ4v) is 8.72. The third-order valence-corrected chi connectivity index (χ3v) is 12.4. The molecule has 2 N–H and O–H groups in total. The number of allylic oxidation sites excluding steroid dienone is 1. The molecule has 2 aromatic heterocycles. The van der Waals surface area contributed by atoms with Crippen LogP contribution in [-0.4, -0.2) is 81.4 Å². The molecule has 5 atom stereocenters. The Kier molecular flexibility index (Phi) is 10.1. The molecule has 53 heavy (non-hydrogen) atoms. The van der Waals surface area contributed by atoms with Gasteiger partial charge in [0.15, 0.2) is 11.6 Å². The second kappa shape index (κ2) is 14.6. The normalized spacial score (nSPS) is 27.2. The molecule has 1 saturated heterocycles. The third kappa shape index (κ3) is 7.69. The van der Waals surface area contributed by atoms with Crippen molar-refractivity contribution in [1.82, 2.24) is 30.1 Å². The number of amides is 3. The summed E-state index contributed by atoms with van der Waals surface area (Å²) < 4.78 is 54.0. The van der Waals surface area contributed by atoms with Crippen LogP contribution < -0.4 is 14.8 Å². The molecule has 4 heterocycles. The average Bonchev–Trinajstić information content (AvgIpc) is 4.01. The first-order valence-corrected chi connectivity index (χ1v) is 19.9. The van der Waals surface area contributed by atoms with E-state index in [0.29, 0.717) is 55.5 Å². The minimum absolute atomic E-state index is 0.0144. The number of ketones is 1. The predicted molar refractivity (Wildman–Crippen MR) is 188 cm³/mol. The number of fused-ring (bicyclic) bond motifs is 3. The van der Waals surface area contributed by atoms with Gasteiger partial charge in [-0.05, 0) is 64.0 Å². The number of carbonyl (C=O) groups excluding carboxylic acids is 4. The lowest BCUT2D eigenvalue weighted by Gasteiger charge is -2.29. The van der Waals surface area contributed by atoms with Crippen molar-refractivity contribution in [2.75, 3.05) is 6.54 Å². The van der Waals surface area contributed by atoms with Gasteiger partial charge in [0.05, 0.1) is 17.3 Å². The number of para-hydroxylation sites is 1. The molecule has 7 rings (SSSR count). The third-order valence-electron chi connectivity index (χ3n) is 10.6. The van der Waals surface area contributed by atoms with E-state index in [9.17, 15) is 32.0 Å². The first-order chi connectivity index (χ1) is 25.4. The van der Waals surface area contributed by atoms with E-state index in [1.54, 1.807) is 13.0 Å². The molecule has 0 spiro atoms. The van der Waals surface area contributed by atoms with Crippen molar-refractivity contribution in [2.24, 2.45) is 11.8 Å². The number of aryl methyl sites for hydroxylation is 2. The van der Waals surface area contributed by atoms with Gasteiger partial charge in [-0.2, -0.15) is 0 Å². The maximum atomic E-state index is 14.8. The second-order valence-corrected chi connectivity index (χ2v) is 16.5. The fourth-order valence-electron chi connectivity index (χ4n) is 7.35. The van der Waals surface area contributed by atoms with Gasteiger partial charge in [0.2, 0.25) is 27.7 Å². The number of carbonyl (C=O) groups is 4. The number of rotatable bonds is 9. The summed E-state index contributed by atoms with van der Waals surface area (Å²) in [4.78, 5) is 66.3. The van der Waals surface area contributed by atoms with Crippen molar-refractivity contribution in [3.05, 3.63) is 59.4 Å². The van der Waals surface area contributed by atoms with E-state index in [2.05, 4.69) is 25.2 Å². The van der Waals surface area contributed by atoms with E-state index >= 15 is 0 Å². The van der Waals surface area contributed by atoms with Gasteiger partial charge in [0.1, 0.15) is 40.3 Å². The summed E-state index contributed by atoms with van der Waals surface area (Å²) in [5.41, 5.74) is -0.575. The monoisotopic (exact) mass is 750 g/mol. The zero-order chi connectivity index (χ0) is 37.5. The Hall–Kier alpha value is -4.73. The van der Waals surface area contributed by atoms with E-state index in [1.165, 1.54) is 23.1 Å². The second-order valence-electron chi connectivity index (χ2n) is 14.6. The molecular formula is C37H43FN6O8S. The highest BCUT2D eigenvalue weighted by molar-refractivity contribution is 7.91. The number of Topliss-reactive ketones (excluding diaryl/α,β-unsaturated/α-hetero) is 1. The zero-order valence-corrected chi connectivity index (χ0v) is 30.5. The summed E-state index contributed by atoms with van der Waals surface area (Å²) in [7, 11) is -3.91. The molecular weight excluding hydrogens is 708 g/mol. The Labute approximate surface area is 306 Å². The highest BCUT2D eigenvalue weighted by atomic mass is 32.2. The highest BCUT2D eigenvalue weighted by Crippen LogP contribution is 2.46. The molecule has 0 bridgehead atoms. The lowest BCUT2D eigenvalue weighted by atomic mass is 9.92. The quantitative estimate of drug-likeness (QED) is 0.239. The molecule has 3 amide bonds. The van der Waals surface area contributed by atoms with Gasteiger partial charge >= 0.3 is 0 Å². The smallest absolute Gasteiger partial charge is 0.259 e. The Morgan fingerprint density at radius 3 is 2.70 bits per heavy atom. The number of nitrogens with one attached hydrogen (secondary N) is 2. The van der Waals surface area contributed by atoms with Crippen molar-refractivity contribution < 1.29 is 41.2 Å². The van der Waals surface area contributed by atoms with Gasteiger partial charge in [-0.25, -0.2) is 22.8 Å². The van der Waals surface area contributed by atoms with Crippen LogP contribution in [0.25, 0.3) is 11.0 Å². The van der Waals surface area contributed by atoms with Crippen LogP contribution in [0.4, 0.5) is 4.39 Å². The molecule has 2 aliphatic heterocycles. The first-order valence-electron chi connectivity index (χ1n) is 18.3. The van der Waals surface area contributed by atoms with Crippen molar-refractivity contribution in [1.29, 1.82) is 0 Å². The van der Waals surface area contributed by atoms with E-state index in [1.807, 2.05) is 19.1 Å². The minimum atomic E-state index is -3.91. The van der Waals surface area contributed by atoms with E-state index in [0.717, 1.165) is 12.8 Å². The molecule has 14 nitrogen and oxygen atoms in total. The number of sulfonamides is 1. The molecule has 282 valence electrons. The molecule has 3 fully saturated rings. The predicted octanol–water partition coefficient (Wildman–Crippen LogP) is 3.87. The minimum Gasteiger partial charge on any atom is -0.471 e. The van der Waals surface area contributed by atoms with E-state index < -0.39 is 68.3 Å². The summed E-state index contributed by atoms with van der Waals surface area (Å²) in [6.07, 6.45) is 7.60. The Morgan fingerprint density at radius 1 is 1.15 bits per heavy atom. The summed E-state index contributed by atoms with van der Waals surface area (Å²) in [5, 5.41) is 6.05. The van der Waals surface area contributed by atoms with Crippen LogP contribution in [0.3, 0.4) is 0 Å². The number of nitrogens with zero attached hydrogens (tertiary/aromatic N) is 4. The maximum absolute atomic E-state index is 14.8. The molecule has 4 aliphatic rings. The molecule has 3 aromatic rings. The summed E-state index contributed by atoms with van der Waals surface area (Å²) in [6.45, 7) is 3.45. The molecule has 2 saturated carbocycles. The van der Waals surface area contributed by atoms with Gasteiger partial charge in [-0.15, -0.1) is 0 Å². The number of ether oxygens (including phenoxy) is 1. The van der Waals surface area contributed by atoms with Gasteiger partial charge in [-0.3, -0.25) is 23.9 Å². The summed E-state index contributed by atoms with van der Waals surface area (Å²) in [5.74, 6) is -3.58. The number of aromatic nitrogens is 3. The van der Waals surface area contributed by atoms with Crippen LogP contribution in [-0.2, 0) is 30.8 Å². The van der Waals surface area contributed by atoms with Gasteiger partial charge in [0, 0.05) is 30.7 Å². The number of hydrogen-bond donors (Lipinski definition) is 2. The largest absolute Gasteiger partial charge is 0.471 e. The maximum Gasteiger partial charge on any atom is 0.259 e. The lowest BCUT2D eigenvalue weighted by molar-refractivity contribution is -0.142. The number of halogens is 1. The van der Waals surface area contributed by atoms with Crippen LogP contribution in [0.2, 0.25) is 0 Å². The molecule has 16 heteroatoms. The SMILES string of the molecule is CCc1nc2cccc(F)c2nc1O[C@@H]1C[C@H]2C(=O)N[C@]3(C(=O)NS(=O)(=O)C4CC4)C[C@H]3/C=C\CCCCC[C@H](CC(=O)c3cc(C)on3)C(=O)N2C1. The van der Waals surface area contributed by atoms with Gasteiger partial charge in [-0.1, -0.05) is 43.1 Å². The van der Waals surface area contributed by atoms with Gasteiger partial charge in [0.25, 0.3) is 5.91 Å². The Morgan fingerprint density at radius 2 is 1.96 bits per heavy atom. The first kappa shape index (κ1) is 36.6. The van der Waals surface area contributed by atoms with Crippen LogP contribution in [0.15, 0.2) is 40.9 Å². The van der Waals surface area contributed by atoms with Gasteiger partial charge < -0.3 is 19.5 Å². The van der Waals surface area contributed by atoms with Crippen LogP contribution in [0.1, 0.15) is 93.1 Å². The van der Waals surface area contributed by atoms with Crippen molar-refractivity contribution >= 4 is 44.6 Å². The van der Waals surface area contributed by atoms with Crippen molar-refractivity contribution in [3.63, 3.8) is 0 Å². The van der Waals surface area contributed by atoms with Crippen LogP contribution in [0.5, 0.6) is 5.88 Å². The molecule has 0 unspecified atom stereocenters. The molecule has 1 aromatic carbocycles. The topological polar surface area (TPSA) is 191 Å². The lowest BCUT2D eigenvalue weighted by Crippen LogP contribution is -2.57. The number of hydrogen-bond acceptors (Lipinski definition) is 11. The highest BCUT2D eigenvalue weighted by Gasteiger charge is 2.62. The van der Waals surface area contributed by atoms with E-state index in [4.69, 9.17) is 9.26 Å². The summed E-state index contributed by atoms with van der Waals surface area (Å²) in [6, 6.07) is 4.83. The molecule has 0 radical (unpaired) electrons. The Balaban J connectivity index is 1.21. The fraction of sp³-hybridized carbons (Fsp3) is 0.541. The van der Waals surface area contributed by atoms with Crippen molar-refractivity contribution in [3.8, 4) is 5.88 Å². The summed E-state index contributed by atoms with van der Waals surface area (Å²) >= 11 is 0. The standard InChI is InChI=1S/C37H43FN6O8S/c1-3-27-34(40-32-26(38)12-9-13-28(32)39-27)51-24-18-30-33(46)41-37(36(48)43-53(49,50)25-14-15-25)19-23(37)11-8-6-4-5-7-10-22(35(47)44(30)20-24)17-31(45)29-16-21(2)52-42-29/h8-9,11-13,16,22-25,30H,3-7,10,14-15,17-20H2,1-2H3,(H,41,46)(H,43,48)/b11-8-/t22-,23-,24-,30+,37-/m1/s1. The van der Waals surface area contributed by atoms with E-state index in [-0.39, 0.29) is 48.7 Å². The zero-order valence-electron chi connectivity index (χ0n) is 29.7. The average molecular weight is 751 g/mol. The van der Waals surface area contributed by atoms with Crippen molar-refractivity contribution in [2.45, 2.75) is 107 Å². The number of benzene rings is 1.